The van der Waals surface area contributed by atoms with E-state index >= 15 is 0 Å². The molecule has 1 heterocycles. The second kappa shape index (κ2) is 9.93. The zero-order valence-electron chi connectivity index (χ0n) is 12.0. The van der Waals surface area contributed by atoms with Crippen molar-refractivity contribution in [3.8, 4) is 0 Å². The van der Waals surface area contributed by atoms with Crippen LogP contribution in [0.5, 0.6) is 0 Å². The van der Waals surface area contributed by atoms with Crippen molar-refractivity contribution in [1.29, 1.82) is 0 Å². The van der Waals surface area contributed by atoms with Gasteiger partial charge in [0.2, 0.25) is 0 Å². The van der Waals surface area contributed by atoms with Gasteiger partial charge in [0, 0.05) is 41.1 Å². The first-order chi connectivity index (χ1) is 8.77. The van der Waals surface area contributed by atoms with E-state index in [0.717, 1.165) is 51.2 Å². The molecule has 2 atom stereocenters. The molecule has 0 aromatic rings. The van der Waals surface area contributed by atoms with Gasteiger partial charge in [0.25, 0.3) is 0 Å². The predicted octanol–water partition coefficient (Wildman–Crippen LogP) is 2.47. The Hall–Kier alpha value is 0.0700. The molecule has 1 aliphatic rings. The van der Waals surface area contributed by atoms with Gasteiger partial charge in [-0.15, -0.1) is 0 Å². The lowest BCUT2D eigenvalue weighted by Gasteiger charge is -2.22. The van der Waals surface area contributed by atoms with Crippen LogP contribution in [0.2, 0.25) is 0 Å². The fourth-order valence-electron chi connectivity index (χ4n) is 2.38. The van der Waals surface area contributed by atoms with Crippen molar-refractivity contribution in [3.63, 3.8) is 0 Å². The molecule has 3 nitrogen and oxygen atoms in total. The molecule has 0 aromatic carbocycles. The molecule has 18 heavy (non-hydrogen) atoms. The van der Waals surface area contributed by atoms with E-state index < -0.39 is 10.8 Å². The van der Waals surface area contributed by atoms with E-state index in [1.165, 1.54) is 12.8 Å². The standard InChI is InChI=1S/C14H29NO2S/c1-3-9-15-13(4-2)6-5-12-18(16)14-7-10-17-11-8-14/h13-15H,3-12H2,1-2H3. The molecule has 4 heteroatoms. The summed E-state index contributed by atoms with van der Waals surface area (Å²) in [5, 5.41) is 3.94. The minimum absolute atomic E-state index is 0.391. The van der Waals surface area contributed by atoms with Crippen molar-refractivity contribution in [2.45, 2.75) is 63.7 Å². The van der Waals surface area contributed by atoms with Crippen LogP contribution in [0.15, 0.2) is 0 Å². The van der Waals surface area contributed by atoms with Crippen LogP contribution in [-0.4, -0.2) is 41.0 Å². The van der Waals surface area contributed by atoms with E-state index in [9.17, 15) is 4.21 Å². The minimum Gasteiger partial charge on any atom is -0.381 e. The molecule has 1 saturated heterocycles. The number of nitrogens with one attached hydrogen (secondary N) is 1. The third-order valence-electron chi connectivity index (χ3n) is 3.61. The largest absolute Gasteiger partial charge is 0.381 e. The molecule has 108 valence electrons. The average molecular weight is 275 g/mol. The van der Waals surface area contributed by atoms with Gasteiger partial charge in [-0.3, -0.25) is 4.21 Å². The molecule has 0 saturated carbocycles. The van der Waals surface area contributed by atoms with Crippen molar-refractivity contribution in [3.05, 3.63) is 0 Å². The van der Waals surface area contributed by atoms with Crippen molar-refractivity contribution in [1.82, 2.24) is 5.32 Å². The van der Waals surface area contributed by atoms with E-state index in [2.05, 4.69) is 19.2 Å². The molecule has 2 unspecified atom stereocenters. The second-order valence-corrected chi connectivity index (χ2v) is 6.93. The SMILES string of the molecule is CCCNC(CC)CCCS(=O)C1CCOCC1. The Morgan fingerprint density at radius 2 is 2.06 bits per heavy atom. The summed E-state index contributed by atoms with van der Waals surface area (Å²) in [6.45, 7) is 7.11. The maximum atomic E-state index is 12.1. The molecule has 1 fully saturated rings. The average Bonchev–Trinajstić information content (AvgIpc) is 2.43. The molecular formula is C14H29NO2S. The van der Waals surface area contributed by atoms with Gasteiger partial charge in [-0.25, -0.2) is 0 Å². The highest BCUT2D eigenvalue weighted by Crippen LogP contribution is 2.15. The van der Waals surface area contributed by atoms with Crippen LogP contribution in [0.4, 0.5) is 0 Å². The van der Waals surface area contributed by atoms with Crippen LogP contribution in [-0.2, 0) is 15.5 Å². The van der Waals surface area contributed by atoms with Gasteiger partial charge < -0.3 is 10.1 Å². The summed E-state index contributed by atoms with van der Waals surface area (Å²) in [5.74, 6) is 0.870. The van der Waals surface area contributed by atoms with Gasteiger partial charge in [-0.05, 0) is 45.1 Å². The Kier molecular flexibility index (Phi) is 8.90. The summed E-state index contributed by atoms with van der Waals surface area (Å²) >= 11 is 0. The summed E-state index contributed by atoms with van der Waals surface area (Å²) < 4.78 is 17.4. The molecule has 0 amide bonds. The Morgan fingerprint density at radius 1 is 1.33 bits per heavy atom. The predicted molar refractivity (Wildman–Crippen MR) is 78.5 cm³/mol. The summed E-state index contributed by atoms with van der Waals surface area (Å²) in [6, 6.07) is 0.608. The van der Waals surface area contributed by atoms with Gasteiger partial charge in [0.1, 0.15) is 0 Å². The number of hydrogen-bond acceptors (Lipinski definition) is 3. The van der Waals surface area contributed by atoms with Crippen molar-refractivity contribution in [2.75, 3.05) is 25.5 Å². The van der Waals surface area contributed by atoms with Crippen molar-refractivity contribution < 1.29 is 8.95 Å². The van der Waals surface area contributed by atoms with E-state index in [1.807, 2.05) is 0 Å². The maximum absolute atomic E-state index is 12.1. The number of hydrogen-bond donors (Lipinski definition) is 1. The van der Waals surface area contributed by atoms with Gasteiger partial charge >= 0.3 is 0 Å². The van der Waals surface area contributed by atoms with Crippen LogP contribution in [0.3, 0.4) is 0 Å². The highest BCUT2D eigenvalue weighted by atomic mass is 32.2. The highest BCUT2D eigenvalue weighted by molar-refractivity contribution is 7.85. The fraction of sp³-hybridized carbons (Fsp3) is 1.00. The first-order valence-electron chi connectivity index (χ1n) is 7.46. The van der Waals surface area contributed by atoms with E-state index in [1.54, 1.807) is 0 Å². The zero-order valence-corrected chi connectivity index (χ0v) is 12.8. The molecule has 0 radical (unpaired) electrons. The van der Waals surface area contributed by atoms with Crippen LogP contribution >= 0.6 is 0 Å². The first-order valence-corrected chi connectivity index (χ1v) is 8.84. The van der Waals surface area contributed by atoms with Gasteiger partial charge in [0.15, 0.2) is 0 Å². The third kappa shape index (κ3) is 6.30. The fourth-order valence-corrected chi connectivity index (χ4v) is 3.88. The molecular weight excluding hydrogens is 246 g/mol. The quantitative estimate of drug-likeness (QED) is 0.702. The minimum atomic E-state index is -0.638. The second-order valence-electron chi connectivity index (χ2n) is 5.10. The Balaban J connectivity index is 2.13. The van der Waals surface area contributed by atoms with E-state index in [4.69, 9.17) is 4.74 Å². The zero-order chi connectivity index (χ0) is 13.2. The topological polar surface area (TPSA) is 38.3 Å². The molecule has 1 rings (SSSR count). The lowest BCUT2D eigenvalue weighted by atomic mass is 10.1. The van der Waals surface area contributed by atoms with Crippen LogP contribution < -0.4 is 5.32 Å². The van der Waals surface area contributed by atoms with Crippen LogP contribution in [0, 0.1) is 0 Å². The Bertz CT molecular complexity index is 230. The maximum Gasteiger partial charge on any atom is 0.0477 e. The number of rotatable bonds is 9. The summed E-state index contributed by atoms with van der Waals surface area (Å²) in [5.41, 5.74) is 0. The van der Waals surface area contributed by atoms with Crippen molar-refractivity contribution in [2.24, 2.45) is 0 Å². The van der Waals surface area contributed by atoms with Crippen LogP contribution in [0.25, 0.3) is 0 Å². The van der Waals surface area contributed by atoms with Gasteiger partial charge in [0.05, 0.1) is 0 Å². The Labute approximate surface area is 115 Å². The van der Waals surface area contributed by atoms with Crippen molar-refractivity contribution >= 4 is 10.8 Å². The summed E-state index contributed by atoms with van der Waals surface area (Å²) in [7, 11) is -0.638. The van der Waals surface area contributed by atoms with E-state index in [0.29, 0.717) is 11.3 Å². The third-order valence-corrected chi connectivity index (χ3v) is 5.52. The van der Waals surface area contributed by atoms with Crippen LogP contribution in [0.1, 0.15) is 52.4 Å². The lowest BCUT2D eigenvalue weighted by molar-refractivity contribution is 0.0992. The normalized spacial score (nSPS) is 20.8. The first kappa shape index (κ1) is 16.1. The summed E-state index contributed by atoms with van der Waals surface area (Å²) in [6.07, 6.45) is 6.56. The molecule has 0 aromatic heterocycles. The smallest absolute Gasteiger partial charge is 0.0477 e. The molecule has 0 bridgehead atoms. The van der Waals surface area contributed by atoms with E-state index in [-0.39, 0.29) is 0 Å². The Morgan fingerprint density at radius 3 is 2.67 bits per heavy atom. The molecule has 1 aliphatic heterocycles. The molecule has 0 spiro atoms. The van der Waals surface area contributed by atoms with Gasteiger partial charge in [-0.1, -0.05) is 13.8 Å². The lowest BCUT2D eigenvalue weighted by Crippen LogP contribution is -2.30. The monoisotopic (exact) mass is 275 g/mol. The molecule has 0 aliphatic carbocycles. The number of ether oxygens (including phenoxy) is 1. The summed E-state index contributed by atoms with van der Waals surface area (Å²) in [4.78, 5) is 0. The highest BCUT2D eigenvalue weighted by Gasteiger charge is 2.19. The van der Waals surface area contributed by atoms with Gasteiger partial charge in [-0.2, -0.15) is 0 Å². The molecule has 1 N–H and O–H groups in total.